The fraction of sp³-hybridized carbons (Fsp3) is 0.211. The van der Waals surface area contributed by atoms with Gasteiger partial charge in [-0.15, -0.1) is 0 Å². The van der Waals surface area contributed by atoms with Gasteiger partial charge in [-0.05, 0) is 31.5 Å². The third-order valence-corrected chi connectivity index (χ3v) is 4.51. The van der Waals surface area contributed by atoms with Crippen molar-refractivity contribution in [2.45, 2.75) is 26.6 Å². The largest absolute Gasteiger partial charge is 0.353 e. The average Bonchev–Trinajstić information content (AvgIpc) is 3.31. The van der Waals surface area contributed by atoms with Gasteiger partial charge >= 0.3 is 6.03 Å². The van der Waals surface area contributed by atoms with Gasteiger partial charge in [-0.3, -0.25) is 5.32 Å². The van der Waals surface area contributed by atoms with E-state index < -0.39 is 18.8 Å². The number of aryl methyl sites for hydroxylation is 2. The zero-order valence-electron chi connectivity index (χ0n) is 16.4. The first kappa shape index (κ1) is 20.3. The minimum Gasteiger partial charge on any atom is -0.353 e. The van der Waals surface area contributed by atoms with Crippen LogP contribution in [0.4, 0.5) is 29.7 Å². The lowest BCUT2D eigenvalue weighted by Gasteiger charge is -2.09. The summed E-state index contributed by atoms with van der Waals surface area (Å²) in [6.45, 7) is 3.66. The van der Waals surface area contributed by atoms with Crippen LogP contribution in [0.15, 0.2) is 36.8 Å². The summed E-state index contributed by atoms with van der Waals surface area (Å²) in [5.41, 5.74) is 3.19. The SMILES string of the molecule is Cc1cn(C(=O)Nc2cc3[nH]c(-c4ccnc(NC(F)C(F)F)n4)cc3cn2)nc1C. The molecule has 0 bridgehead atoms. The number of anilines is 2. The van der Waals surface area contributed by atoms with E-state index in [4.69, 9.17) is 0 Å². The Hall–Kier alpha value is -3.96. The predicted molar refractivity (Wildman–Crippen MR) is 108 cm³/mol. The molecule has 1 amide bonds. The molecule has 0 spiro atoms. The number of hydrogen-bond donors (Lipinski definition) is 3. The zero-order valence-corrected chi connectivity index (χ0v) is 16.4. The average molecular weight is 430 g/mol. The molecule has 4 heterocycles. The number of nitrogens with zero attached hydrogens (tertiary/aromatic N) is 5. The topological polar surface area (TPSA) is 113 Å². The Morgan fingerprint density at radius 1 is 1.19 bits per heavy atom. The van der Waals surface area contributed by atoms with Crippen LogP contribution in [0.3, 0.4) is 0 Å². The molecule has 0 aliphatic carbocycles. The van der Waals surface area contributed by atoms with Crippen LogP contribution in [0.2, 0.25) is 0 Å². The van der Waals surface area contributed by atoms with Crippen molar-refractivity contribution in [3.05, 3.63) is 48.0 Å². The summed E-state index contributed by atoms with van der Waals surface area (Å²) in [7, 11) is 0. The molecular weight excluding hydrogens is 413 g/mol. The van der Waals surface area contributed by atoms with E-state index >= 15 is 0 Å². The molecule has 4 aromatic heterocycles. The normalized spacial score (nSPS) is 12.3. The first-order chi connectivity index (χ1) is 14.8. The van der Waals surface area contributed by atoms with E-state index in [9.17, 15) is 18.0 Å². The first-order valence-corrected chi connectivity index (χ1v) is 9.15. The highest BCUT2D eigenvalue weighted by Crippen LogP contribution is 2.24. The molecule has 0 saturated carbocycles. The molecule has 1 atom stereocenters. The molecule has 31 heavy (non-hydrogen) atoms. The molecule has 1 unspecified atom stereocenters. The number of hydrogen-bond acceptors (Lipinski definition) is 6. The van der Waals surface area contributed by atoms with E-state index in [0.29, 0.717) is 22.7 Å². The van der Waals surface area contributed by atoms with Crippen LogP contribution in [-0.4, -0.2) is 48.5 Å². The van der Waals surface area contributed by atoms with Crippen LogP contribution in [0, 0.1) is 13.8 Å². The maximum atomic E-state index is 13.2. The zero-order chi connectivity index (χ0) is 22.1. The lowest BCUT2D eigenvalue weighted by atomic mass is 10.2. The van der Waals surface area contributed by atoms with Gasteiger partial charge in [-0.25, -0.2) is 32.9 Å². The van der Waals surface area contributed by atoms with Crippen LogP contribution < -0.4 is 10.6 Å². The maximum Gasteiger partial charge on any atom is 0.347 e. The third kappa shape index (κ3) is 4.32. The maximum absolute atomic E-state index is 13.2. The fourth-order valence-electron chi connectivity index (χ4n) is 2.81. The monoisotopic (exact) mass is 430 g/mol. The Morgan fingerprint density at radius 2 is 2.00 bits per heavy atom. The number of H-pyrrole nitrogens is 1. The van der Waals surface area contributed by atoms with Crippen molar-refractivity contribution in [1.29, 1.82) is 0 Å². The number of carbonyl (C=O) groups is 1. The van der Waals surface area contributed by atoms with E-state index in [0.717, 1.165) is 16.6 Å². The molecule has 0 aliphatic rings. The Labute approximate surface area is 173 Å². The summed E-state index contributed by atoms with van der Waals surface area (Å²) in [5, 5.41) is 9.43. The summed E-state index contributed by atoms with van der Waals surface area (Å²) in [4.78, 5) is 27.5. The van der Waals surface area contributed by atoms with E-state index in [-0.39, 0.29) is 5.95 Å². The molecule has 9 nitrogen and oxygen atoms in total. The van der Waals surface area contributed by atoms with Crippen LogP contribution >= 0.6 is 0 Å². The molecule has 160 valence electrons. The standard InChI is InChI=1S/C19H17F3N8O/c1-9-8-30(29-10(9)2)19(31)27-15-6-13-11(7-24-15)5-14(25-13)12-3-4-23-18(26-12)28-17(22)16(20)21/h3-8,16-17,25H,1-2H3,(H,23,26,28)(H,24,27,31). The molecule has 0 radical (unpaired) electrons. The smallest absolute Gasteiger partial charge is 0.347 e. The summed E-state index contributed by atoms with van der Waals surface area (Å²) in [5.74, 6) is 0.0406. The fourth-order valence-corrected chi connectivity index (χ4v) is 2.81. The van der Waals surface area contributed by atoms with Gasteiger partial charge in [0, 0.05) is 30.0 Å². The first-order valence-electron chi connectivity index (χ1n) is 9.15. The van der Waals surface area contributed by atoms with E-state index in [2.05, 4.69) is 30.4 Å². The van der Waals surface area contributed by atoms with Crippen molar-refractivity contribution in [1.82, 2.24) is 29.7 Å². The van der Waals surface area contributed by atoms with Gasteiger partial charge in [0.05, 0.1) is 22.6 Å². The van der Waals surface area contributed by atoms with Crippen molar-refractivity contribution in [3.8, 4) is 11.4 Å². The number of fused-ring (bicyclic) bond motifs is 1. The third-order valence-electron chi connectivity index (χ3n) is 4.51. The van der Waals surface area contributed by atoms with Gasteiger partial charge in [0.25, 0.3) is 6.43 Å². The molecule has 0 aromatic carbocycles. The van der Waals surface area contributed by atoms with Crippen LogP contribution in [0.1, 0.15) is 11.3 Å². The van der Waals surface area contributed by atoms with Crippen molar-refractivity contribution in [2.75, 3.05) is 10.6 Å². The molecule has 12 heteroatoms. The van der Waals surface area contributed by atoms with E-state index in [1.54, 1.807) is 37.5 Å². The number of pyridine rings is 1. The summed E-state index contributed by atoms with van der Waals surface area (Å²) in [6.07, 6.45) is -1.27. The number of halogens is 3. The van der Waals surface area contributed by atoms with Crippen molar-refractivity contribution >= 4 is 28.7 Å². The van der Waals surface area contributed by atoms with Gasteiger partial charge in [-0.2, -0.15) is 9.78 Å². The number of aromatic nitrogens is 6. The lowest BCUT2D eigenvalue weighted by Crippen LogP contribution is -2.23. The van der Waals surface area contributed by atoms with Gasteiger partial charge in [0.2, 0.25) is 12.2 Å². The second-order valence-corrected chi connectivity index (χ2v) is 6.76. The molecule has 0 saturated heterocycles. The molecule has 0 fully saturated rings. The lowest BCUT2D eigenvalue weighted by molar-refractivity contribution is 0.0646. The number of aromatic amines is 1. The quantitative estimate of drug-likeness (QED) is 0.414. The molecule has 4 rings (SSSR count). The summed E-state index contributed by atoms with van der Waals surface area (Å²) in [6, 6.07) is 4.46. The summed E-state index contributed by atoms with van der Waals surface area (Å²) >= 11 is 0. The minimum absolute atomic E-state index is 0.264. The molecule has 4 aromatic rings. The number of alkyl halides is 3. The van der Waals surface area contributed by atoms with Crippen LogP contribution in [0.5, 0.6) is 0 Å². The van der Waals surface area contributed by atoms with Gasteiger partial charge in [0.15, 0.2) is 0 Å². The number of nitrogens with one attached hydrogen (secondary N) is 3. The van der Waals surface area contributed by atoms with Gasteiger partial charge in [0.1, 0.15) is 5.82 Å². The van der Waals surface area contributed by atoms with E-state index in [1.807, 2.05) is 12.2 Å². The Morgan fingerprint density at radius 3 is 2.71 bits per heavy atom. The highest BCUT2D eigenvalue weighted by molar-refractivity contribution is 5.93. The molecule has 0 aliphatic heterocycles. The van der Waals surface area contributed by atoms with Gasteiger partial charge < -0.3 is 10.3 Å². The second kappa shape index (κ2) is 8.05. The Balaban J connectivity index is 1.56. The van der Waals surface area contributed by atoms with Crippen LogP contribution in [0.25, 0.3) is 22.3 Å². The molecular formula is C19H17F3N8O. The number of rotatable bonds is 5. The summed E-state index contributed by atoms with van der Waals surface area (Å²) < 4.78 is 39.2. The predicted octanol–water partition coefficient (Wildman–Crippen LogP) is 3.89. The van der Waals surface area contributed by atoms with Crippen molar-refractivity contribution < 1.29 is 18.0 Å². The number of amides is 1. The Kier molecular flexibility index (Phi) is 5.28. The number of carbonyl (C=O) groups excluding carboxylic acids is 1. The highest BCUT2D eigenvalue weighted by atomic mass is 19.3. The van der Waals surface area contributed by atoms with E-state index in [1.165, 1.54) is 10.9 Å². The second-order valence-electron chi connectivity index (χ2n) is 6.76. The van der Waals surface area contributed by atoms with Crippen LogP contribution in [-0.2, 0) is 0 Å². The Bertz CT molecular complexity index is 1230. The minimum atomic E-state index is -3.20. The van der Waals surface area contributed by atoms with Crippen molar-refractivity contribution in [2.24, 2.45) is 0 Å². The molecule has 3 N–H and O–H groups in total. The van der Waals surface area contributed by atoms with Gasteiger partial charge in [-0.1, -0.05) is 0 Å². The van der Waals surface area contributed by atoms with Crippen molar-refractivity contribution in [3.63, 3.8) is 0 Å². The highest BCUT2D eigenvalue weighted by Gasteiger charge is 2.20.